The Bertz CT molecular complexity index is 463. The van der Waals surface area contributed by atoms with E-state index in [1.165, 1.54) is 13.3 Å². The highest BCUT2D eigenvalue weighted by Crippen LogP contribution is 2.21. The zero-order valence-corrected chi connectivity index (χ0v) is 11.8. The molecule has 0 spiro atoms. The molecular formula is C12H17ClN4O2. The average molecular weight is 285 g/mol. The number of ether oxygens (including phenoxy) is 1. The fourth-order valence-corrected chi connectivity index (χ4v) is 2.17. The molecule has 1 atom stereocenters. The molecule has 1 aromatic heterocycles. The van der Waals surface area contributed by atoms with Crippen LogP contribution in [-0.2, 0) is 4.79 Å². The van der Waals surface area contributed by atoms with Gasteiger partial charge in [0.15, 0.2) is 5.82 Å². The lowest BCUT2D eigenvalue weighted by Crippen LogP contribution is -2.39. The van der Waals surface area contributed by atoms with Crippen LogP contribution in [0.2, 0.25) is 5.02 Å². The maximum absolute atomic E-state index is 12.2. The molecule has 0 saturated carbocycles. The zero-order valence-electron chi connectivity index (χ0n) is 11.0. The Labute approximate surface area is 117 Å². The van der Waals surface area contributed by atoms with E-state index in [1.54, 1.807) is 6.92 Å². The Balaban J connectivity index is 2.05. The Hall–Kier alpha value is -1.56. The van der Waals surface area contributed by atoms with Crippen LogP contribution in [0.25, 0.3) is 0 Å². The number of halogens is 1. The number of amides is 1. The third-order valence-corrected chi connectivity index (χ3v) is 3.32. The summed E-state index contributed by atoms with van der Waals surface area (Å²) in [6.45, 7) is 3.45. The van der Waals surface area contributed by atoms with Crippen LogP contribution in [0.3, 0.4) is 0 Å². The highest BCUT2D eigenvalue weighted by atomic mass is 35.5. The van der Waals surface area contributed by atoms with Crippen LogP contribution in [0.1, 0.15) is 19.8 Å². The van der Waals surface area contributed by atoms with Gasteiger partial charge in [0.2, 0.25) is 5.91 Å². The second-order valence-corrected chi connectivity index (χ2v) is 4.86. The van der Waals surface area contributed by atoms with Crippen molar-refractivity contribution in [1.82, 2.24) is 14.9 Å². The predicted octanol–water partition coefficient (Wildman–Crippen LogP) is 1.56. The van der Waals surface area contributed by atoms with Crippen LogP contribution in [0.15, 0.2) is 6.20 Å². The van der Waals surface area contributed by atoms with Crippen molar-refractivity contribution < 1.29 is 9.53 Å². The van der Waals surface area contributed by atoms with E-state index in [2.05, 4.69) is 15.3 Å². The Kier molecular flexibility index (Phi) is 4.42. The van der Waals surface area contributed by atoms with Crippen molar-refractivity contribution in [3.8, 4) is 6.01 Å². The van der Waals surface area contributed by atoms with Crippen LogP contribution >= 0.6 is 11.6 Å². The van der Waals surface area contributed by atoms with E-state index in [0.717, 1.165) is 25.9 Å². The fraction of sp³-hybridized carbons (Fsp3) is 0.583. The summed E-state index contributed by atoms with van der Waals surface area (Å²) in [4.78, 5) is 22.0. The summed E-state index contributed by atoms with van der Waals surface area (Å²) < 4.78 is 4.94. The number of likely N-dealkylation sites (tertiary alicyclic amines) is 1. The molecular weight excluding hydrogens is 268 g/mol. The second-order valence-electron chi connectivity index (χ2n) is 4.45. The standard InChI is InChI=1S/C12H17ClN4O2/c1-8(11(18)17-5-3-4-6-17)15-10-9(13)7-14-12(16-10)19-2/h7-8H,3-6H2,1-2H3,(H,14,15,16). The van der Waals surface area contributed by atoms with Crippen molar-refractivity contribution in [2.75, 3.05) is 25.5 Å². The van der Waals surface area contributed by atoms with Gasteiger partial charge in [0.1, 0.15) is 11.1 Å². The number of aromatic nitrogens is 2. The van der Waals surface area contributed by atoms with E-state index < -0.39 is 0 Å². The van der Waals surface area contributed by atoms with Gasteiger partial charge in [0.25, 0.3) is 0 Å². The van der Waals surface area contributed by atoms with Gasteiger partial charge in [-0.15, -0.1) is 0 Å². The van der Waals surface area contributed by atoms with E-state index >= 15 is 0 Å². The Morgan fingerprint density at radius 3 is 2.84 bits per heavy atom. The number of rotatable bonds is 4. The van der Waals surface area contributed by atoms with E-state index in [4.69, 9.17) is 16.3 Å². The van der Waals surface area contributed by atoms with Gasteiger partial charge < -0.3 is 15.0 Å². The number of hydrogen-bond donors (Lipinski definition) is 1. The third-order valence-electron chi connectivity index (χ3n) is 3.05. The number of anilines is 1. The molecule has 104 valence electrons. The summed E-state index contributed by atoms with van der Waals surface area (Å²) in [5.74, 6) is 0.472. The van der Waals surface area contributed by atoms with Gasteiger partial charge >= 0.3 is 6.01 Å². The molecule has 1 amide bonds. The molecule has 2 heterocycles. The molecule has 1 aliphatic rings. The normalized spacial score (nSPS) is 16.3. The topological polar surface area (TPSA) is 67.3 Å². The lowest BCUT2D eigenvalue weighted by Gasteiger charge is -2.21. The van der Waals surface area contributed by atoms with E-state index in [0.29, 0.717) is 10.8 Å². The zero-order chi connectivity index (χ0) is 13.8. The van der Waals surface area contributed by atoms with Gasteiger partial charge in [-0.1, -0.05) is 11.6 Å². The highest BCUT2D eigenvalue weighted by molar-refractivity contribution is 6.32. The summed E-state index contributed by atoms with van der Waals surface area (Å²) in [6, 6.07) is -0.164. The smallest absolute Gasteiger partial charge is 0.318 e. The van der Waals surface area contributed by atoms with Gasteiger partial charge in [0.05, 0.1) is 13.3 Å². The summed E-state index contributed by atoms with van der Waals surface area (Å²) in [5, 5.41) is 3.37. The number of carbonyl (C=O) groups excluding carboxylic acids is 1. The molecule has 1 saturated heterocycles. The number of carbonyl (C=O) groups is 1. The van der Waals surface area contributed by atoms with Crippen molar-refractivity contribution in [3.05, 3.63) is 11.2 Å². The fourth-order valence-electron chi connectivity index (χ4n) is 2.03. The van der Waals surface area contributed by atoms with Gasteiger partial charge in [-0.3, -0.25) is 4.79 Å². The number of methoxy groups -OCH3 is 1. The van der Waals surface area contributed by atoms with Crippen molar-refractivity contribution in [2.24, 2.45) is 0 Å². The maximum Gasteiger partial charge on any atom is 0.318 e. The van der Waals surface area contributed by atoms with Gasteiger partial charge in [-0.25, -0.2) is 4.98 Å². The van der Waals surface area contributed by atoms with Crippen molar-refractivity contribution >= 4 is 23.3 Å². The summed E-state index contributed by atoms with van der Waals surface area (Å²) in [7, 11) is 1.48. The van der Waals surface area contributed by atoms with E-state index in [-0.39, 0.29) is 18.0 Å². The average Bonchev–Trinajstić information content (AvgIpc) is 2.94. The maximum atomic E-state index is 12.2. The first kappa shape index (κ1) is 13.9. The highest BCUT2D eigenvalue weighted by Gasteiger charge is 2.24. The summed E-state index contributed by atoms with van der Waals surface area (Å²) in [5.41, 5.74) is 0. The second kappa shape index (κ2) is 6.06. The molecule has 1 aromatic rings. The molecule has 0 aromatic carbocycles. The molecule has 0 bridgehead atoms. The minimum atomic E-state index is -0.379. The predicted molar refractivity (Wildman–Crippen MR) is 72.5 cm³/mol. The first-order chi connectivity index (χ1) is 9.11. The van der Waals surface area contributed by atoms with Gasteiger partial charge in [-0.05, 0) is 19.8 Å². The minimum Gasteiger partial charge on any atom is -0.467 e. The number of hydrogen-bond acceptors (Lipinski definition) is 5. The van der Waals surface area contributed by atoms with Gasteiger partial charge in [-0.2, -0.15) is 4.98 Å². The third kappa shape index (κ3) is 3.26. The lowest BCUT2D eigenvalue weighted by molar-refractivity contribution is -0.130. The molecule has 6 nitrogen and oxygen atoms in total. The molecule has 0 aliphatic carbocycles. The van der Waals surface area contributed by atoms with Crippen molar-refractivity contribution in [2.45, 2.75) is 25.8 Å². The largest absolute Gasteiger partial charge is 0.467 e. The monoisotopic (exact) mass is 284 g/mol. The molecule has 19 heavy (non-hydrogen) atoms. The van der Waals surface area contributed by atoms with Crippen LogP contribution in [0.5, 0.6) is 6.01 Å². The molecule has 1 unspecified atom stereocenters. The quantitative estimate of drug-likeness (QED) is 0.909. The first-order valence-electron chi connectivity index (χ1n) is 6.23. The molecule has 2 rings (SSSR count). The number of nitrogens with zero attached hydrogens (tertiary/aromatic N) is 3. The summed E-state index contributed by atoms with van der Waals surface area (Å²) in [6.07, 6.45) is 3.59. The van der Waals surface area contributed by atoms with E-state index in [9.17, 15) is 4.79 Å². The molecule has 1 fully saturated rings. The molecule has 1 N–H and O–H groups in total. The van der Waals surface area contributed by atoms with Crippen LogP contribution in [0, 0.1) is 0 Å². The van der Waals surface area contributed by atoms with E-state index in [1.807, 2.05) is 4.90 Å². The first-order valence-corrected chi connectivity index (χ1v) is 6.61. The van der Waals surface area contributed by atoms with Crippen LogP contribution < -0.4 is 10.1 Å². The summed E-state index contributed by atoms with van der Waals surface area (Å²) >= 11 is 5.99. The molecule has 7 heteroatoms. The van der Waals surface area contributed by atoms with Crippen LogP contribution in [-0.4, -0.2) is 47.0 Å². The molecule has 0 radical (unpaired) electrons. The van der Waals surface area contributed by atoms with Crippen molar-refractivity contribution in [1.29, 1.82) is 0 Å². The Morgan fingerprint density at radius 2 is 2.21 bits per heavy atom. The number of nitrogens with one attached hydrogen (secondary N) is 1. The van der Waals surface area contributed by atoms with Crippen molar-refractivity contribution in [3.63, 3.8) is 0 Å². The lowest BCUT2D eigenvalue weighted by atomic mass is 10.3. The molecule has 1 aliphatic heterocycles. The van der Waals surface area contributed by atoms with Crippen LogP contribution in [0.4, 0.5) is 5.82 Å². The van der Waals surface area contributed by atoms with Gasteiger partial charge in [0, 0.05) is 13.1 Å². The SMILES string of the molecule is COc1ncc(Cl)c(NC(C)C(=O)N2CCCC2)n1. The minimum absolute atomic E-state index is 0.0612. The Morgan fingerprint density at radius 1 is 1.53 bits per heavy atom.